The molecule has 1 aromatic heterocycles. The number of rotatable bonds is 4. The molecule has 17 heavy (non-hydrogen) atoms. The molecular weight excluding hydrogens is 216 g/mol. The summed E-state index contributed by atoms with van der Waals surface area (Å²) in [5.41, 5.74) is 7.48. The van der Waals surface area contributed by atoms with Crippen LogP contribution in [0.4, 0.5) is 5.69 Å². The minimum atomic E-state index is -0.127. The normalized spacial score (nSPS) is 16.9. The van der Waals surface area contributed by atoms with Crippen molar-refractivity contribution in [3.05, 3.63) is 11.4 Å². The maximum atomic E-state index is 12.0. The third kappa shape index (κ3) is 2.43. The predicted octanol–water partition coefficient (Wildman–Crippen LogP) is 1.09. The fraction of sp³-hybridized carbons (Fsp3) is 0.667. The van der Waals surface area contributed by atoms with E-state index >= 15 is 0 Å². The monoisotopic (exact) mass is 236 g/mol. The zero-order chi connectivity index (χ0) is 12.6. The van der Waals surface area contributed by atoms with Gasteiger partial charge in [-0.05, 0) is 31.6 Å². The number of carbonyl (C=O) groups is 1. The first-order valence-corrected chi connectivity index (χ1v) is 6.08. The molecule has 0 spiro atoms. The highest BCUT2D eigenvalue weighted by molar-refractivity contribution is 5.97. The summed E-state index contributed by atoms with van der Waals surface area (Å²) in [5, 5.41) is 7.07. The van der Waals surface area contributed by atoms with Gasteiger partial charge in [-0.3, -0.25) is 9.48 Å². The van der Waals surface area contributed by atoms with Gasteiger partial charge in [-0.1, -0.05) is 6.92 Å². The minimum absolute atomic E-state index is 0.127. The van der Waals surface area contributed by atoms with Crippen LogP contribution in [0.5, 0.6) is 0 Å². The number of aromatic nitrogens is 2. The van der Waals surface area contributed by atoms with Crippen LogP contribution in [-0.2, 0) is 7.05 Å². The highest BCUT2D eigenvalue weighted by Gasteiger charge is 2.28. The van der Waals surface area contributed by atoms with Crippen LogP contribution in [0.15, 0.2) is 0 Å². The molecule has 1 amide bonds. The molecule has 94 valence electrons. The van der Waals surface area contributed by atoms with E-state index in [1.54, 1.807) is 18.7 Å². The van der Waals surface area contributed by atoms with E-state index in [4.69, 9.17) is 5.73 Å². The summed E-state index contributed by atoms with van der Waals surface area (Å²) in [6.07, 6.45) is 2.59. The van der Waals surface area contributed by atoms with E-state index in [1.807, 2.05) is 0 Å². The molecule has 0 saturated heterocycles. The standard InChI is InChI=1S/C12H20N4O/c1-7(9-4-5-9)6-14-12(17)11-10(13)8(2)15-16(11)3/h7,9H,4-6,13H2,1-3H3,(H,14,17). The average molecular weight is 236 g/mol. The van der Waals surface area contributed by atoms with Crippen molar-refractivity contribution in [2.45, 2.75) is 26.7 Å². The second-order valence-corrected chi connectivity index (χ2v) is 5.00. The van der Waals surface area contributed by atoms with Crippen molar-refractivity contribution >= 4 is 11.6 Å². The SMILES string of the molecule is Cc1nn(C)c(C(=O)NCC(C)C2CC2)c1N. The van der Waals surface area contributed by atoms with Gasteiger partial charge in [0.15, 0.2) is 0 Å². The summed E-state index contributed by atoms with van der Waals surface area (Å²) >= 11 is 0. The summed E-state index contributed by atoms with van der Waals surface area (Å²) in [6.45, 7) is 4.70. The number of nitrogens with one attached hydrogen (secondary N) is 1. The smallest absolute Gasteiger partial charge is 0.271 e. The van der Waals surface area contributed by atoms with E-state index < -0.39 is 0 Å². The maximum Gasteiger partial charge on any atom is 0.271 e. The van der Waals surface area contributed by atoms with Crippen molar-refractivity contribution in [3.63, 3.8) is 0 Å². The zero-order valence-corrected chi connectivity index (χ0v) is 10.7. The quantitative estimate of drug-likeness (QED) is 0.821. The van der Waals surface area contributed by atoms with Gasteiger partial charge >= 0.3 is 0 Å². The van der Waals surface area contributed by atoms with E-state index in [-0.39, 0.29) is 5.91 Å². The first kappa shape index (κ1) is 12.0. The molecule has 1 heterocycles. The Morgan fingerprint density at radius 1 is 1.65 bits per heavy atom. The van der Waals surface area contributed by atoms with Gasteiger partial charge < -0.3 is 11.1 Å². The van der Waals surface area contributed by atoms with Crippen molar-refractivity contribution < 1.29 is 4.79 Å². The van der Waals surface area contributed by atoms with Gasteiger partial charge in [0.1, 0.15) is 5.69 Å². The van der Waals surface area contributed by atoms with Crippen LogP contribution in [0.2, 0.25) is 0 Å². The number of aryl methyl sites for hydroxylation is 2. The number of hydrogen-bond acceptors (Lipinski definition) is 3. The molecule has 5 nitrogen and oxygen atoms in total. The molecule has 1 aliphatic rings. The van der Waals surface area contributed by atoms with Crippen molar-refractivity contribution in [2.24, 2.45) is 18.9 Å². The number of carbonyl (C=O) groups excluding carboxylic acids is 1. The number of anilines is 1. The summed E-state index contributed by atoms with van der Waals surface area (Å²) in [6, 6.07) is 0. The number of hydrogen-bond donors (Lipinski definition) is 2. The Labute approximate surface area is 101 Å². The second-order valence-electron chi connectivity index (χ2n) is 5.00. The number of amides is 1. The Hall–Kier alpha value is -1.52. The lowest BCUT2D eigenvalue weighted by Gasteiger charge is -2.11. The van der Waals surface area contributed by atoms with Crippen molar-refractivity contribution in [3.8, 4) is 0 Å². The molecule has 1 saturated carbocycles. The van der Waals surface area contributed by atoms with E-state index in [2.05, 4.69) is 17.3 Å². The van der Waals surface area contributed by atoms with Crippen molar-refractivity contribution in [1.29, 1.82) is 0 Å². The Kier molecular flexibility index (Phi) is 3.09. The third-order valence-corrected chi connectivity index (χ3v) is 3.49. The fourth-order valence-corrected chi connectivity index (χ4v) is 2.11. The molecule has 1 aromatic rings. The number of nitrogen functional groups attached to an aromatic ring is 1. The first-order valence-electron chi connectivity index (χ1n) is 6.08. The van der Waals surface area contributed by atoms with E-state index in [0.29, 0.717) is 29.5 Å². The molecule has 5 heteroatoms. The highest BCUT2D eigenvalue weighted by Crippen LogP contribution is 2.36. The summed E-state index contributed by atoms with van der Waals surface area (Å²) < 4.78 is 1.54. The van der Waals surface area contributed by atoms with Gasteiger partial charge in [-0.2, -0.15) is 5.10 Å². The van der Waals surface area contributed by atoms with Crippen LogP contribution < -0.4 is 11.1 Å². The lowest BCUT2D eigenvalue weighted by atomic mass is 10.1. The molecule has 3 N–H and O–H groups in total. The van der Waals surface area contributed by atoms with Gasteiger partial charge in [-0.25, -0.2) is 0 Å². The van der Waals surface area contributed by atoms with Crippen LogP contribution in [0.1, 0.15) is 35.9 Å². The lowest BCUT2D eigenvalue weighted by Crippen LogP contribution is -2.31. The molecular formula is C12H20N4O. The molecule has 1 aliphatic carbocycles. The average Bonchev–Trinajstić information content (AvgIpc) is 3.06. The largest absolute Gasteiger partial charge is 0.395 e. The van der Waals surface area contributed by atoms with E-state index in [9.17, 15) is 4.79 Å². The van der Waals surface area contributed by atoms with E-state index in [0.717, 1.165) is 5.92 Å². The fourth-order valence-electron chi connectivity index (χ4n) is 2.11. The van der Waals surface area contributed by atoms with Crippen molar-refractivity contribution in [2.75, 3.05) is 12.3 Å². The Balaban J connectivity index is 1.99. The summed E-state index contributed by atoms with van der Waals surface area (Å²) in [7, 11) is 1.74. The first-order chi connectivity index (χ1) is 8.00. The van der Waals surface area contributed by atoms with Gasteiger partial charge in [0.2, 0.25) is 0 Å². The van der Waals surface area contributed by atoms with Gasteiger partial charge in [0, 0.05) is 13.6 Å². The Bertz CT molecular complexity index is 434. The molecule has 1 fully saturated rings. The maximum absolute atomic E-state index is 12.0. The van der Waals surface area contributed by atoms with Crippen LogP contribution in [0, 0.1) is 18.8 Å². The Morgan fingerprint density at radius 3 is 2.76 bits per heavy atom. The molecule has 0 aliphatic heterocycles. The molecule has 2 rings (SSSR count). The third-order valence-electron chi connectivity index (χ3n) is 3.49. The van der Waals surface area contributed by atoms with Crippen LogP contribution >= 0.6 is 0 Å². The molecule has 1 atom stereocenters. The van der Waals surface area contributed by atoms with Crippen LogP contribution in [0.25, 0.3) is 0 Å². The molecule has 1 unspecified atom stereocenters. The lowest BCUT2D eigenvalue weighted by molar-refractivity contribution is 0.0938. The minimum Gasteiger partial charge on any atom is -0.395 e. The highest BCUT2D eigenvalue weighted by atomic mass is 16.2. The topological polar surface area (TPSA) is 72.9 Å². The number of nitrogens with two attached hydrogens (primary N) is 1. The predicted molar refractivity (Wildman–Crippen MR) is 66.6 cm³/mol. The van der Waals surface area contributed by atoms with Crippen LogP contribution in [-0.4, -0.2) is 22.2 Å². The van der Waals surface area contributed by atoms with Gasteiger partial charge in [0.25, 0.3) is 5.91 Å². The summed E-state index contributed by atoms with van der Waals surface area (Å²) in [4.78, 5) is 12.0. The summed E-state index contributed by atoms with van der Waals surface area (Å²) in [5.74, 6) is 1.22. The van der Waals surface area contributed by atoms with E-state index in [1.165, 1.54) is 12.8 Å². The molecule has 0 radical (unpaired) electrons. The van der Waals surface area contributed by atoms with Gasteiger partial charge in [0.05, 0.1) is 11.4 Å². The van der Waals surface area contributed by atoms with Crippen molar-refractivity contribution in [1.82, 2.24) is 15.1 Å². The van der Waals surface area contributed by atoms with Crippen LogP contribution in [0.3, 0.4) is 0 Å². The molecule has 0 bridgehead atoms. The van der Waals surface area contributed by atoms with Gasteiger partial charge in [-0.15, -0.1) is 0 Å². The molecule has 0 aromatic carbocycles. The Morgan fingerprint density at radius 2 is 2.29 bits per heavy atom. The zero-order valence-electron chi connectivity index (χ0n) is 10.7. The number of nitrogens with zero attached hydrogens (tertiary/aromatic N) is 2. The second kappa shape index (κ2) is 4.39.